The lowest BCUT2D eigenvalue weighted by Crippen LogP contribution is -1.99. The fourth-order valence-corrected chi connectivity index (χ4v) is 4.21. The molecule has 6 rings (SSSR count). The van der Waals surface area contributed by atoms with Crippen molar-refractivity contribution in [2.24, 2.45) is 0 Å². The Hall–Kier alpha value is -4.82. The van der Waals surface area contributed by atoms with Gasteiger partial charge in [-0.1, -0.05) is 42.5 Å². The third-order valence-corrected chi connectivity index (χ3v) is 5.76. The van der Waals surface area contributed by atoms with E-state index >= 15 is 0 Å². The molecule has 0 unspecified atom stereocenters. The second-order valence-corrected chi connectivity index (χ2v) is 7.72. The second kappa shape index (κ2) is 7.70. The van der Waals surface area contributed by atoms with Gasteiger partial charge in [-0.3, -0.25) is 9.55 Å². The number of aromatic nitrogens is 4. The highest BCUT2D eigenvalue weighted by Gasteiger charge is 2.13. The van der Waals surface area contributed by atoms with Crippen molar-refractivity contribution in [3.8, 4) is 34.5 Å². The van der Waals surface area contributed by atoms with E-state index in [1.807, 2.05) is 79.1 Å². The van der Waals surface area contributed by atoms with Crippen molar-refractivity contribution < 1.29 is 0 Å². The number of benzene rings is 2. The molecule has 6 aromatic rings. The van der Waals surface area contributed by atoms with Gasteiger partial charge in [0.25, 0.3) is 0 Å². The van der Waals surface area contributed by atoms with E-state index in [4.69, 9.17) is 15.2 Å². The number of para-hydroxylation sites is 1. The summed E-state index contributed by atoms with van der Waals surface area (Å²) in [6.45, 7) is 0. The molecule has 5 heteroatoms. The van der Waals surface area contributed by atoms with Crippen LogP contribution in [0.25, 0.3) is 50.3 Å². The van der Waals surface area contributed by atoms with E-state index in [0.717, 1.165) is 50.3 Å². The zero-order valence-corrected chi connectivity index (χ0v) is 17.6. The molecule has 33 heavy (non-hydrogen) atoms. The van der Waals surface area contributed by atoms with Crippen molar-refractivity contribution in [2.75, 3.05) is 0 Å². The van der Waals surface area contributed by atoms with Crippen molar-refractivity contribution in [3.05, 3.63) is 109 Å². The standard InChI is InChI=1S/C28H17N5/c29-17-19-11-13-20(14-12-19)23-6-3-7-24(31-23)25-8-4-10-28(32-25)33-26-9-2-1-5-21(26)22-18-30-16-15-27(22)33/h1-16,18H. The molecule has 4 aromatic heterocycles. The van der Waals surface area contributed by atoms with Gasteiger partial charge in [0.15, 0.2) is 0 Å². The van der Waals surface area contributed by atoms with Gasteiger partial charge in [0.2, 0.25) is 0 Å². The van der Waals surface area contributed by atoms with Crippen LogP contribution in [0.15, 0.2) is 103 Å². The minimum atomic E-state index is 0.630. The smallest absolute Gasteiger partial charge is 0.138 e. The Bertz CT molecular complexity index is 1620. The summed E-state index contributed by atoms with van der Waals surface area (Å²) in [5, 5.41) is 11.3. The van der Waals surface area contributed by atoms with E-state index in [1.165, 1.54) is 0 Å². The van der Waals surface area contributed by atoms with Gasteiger partial charge in [0.05, 0.1) is 39.7 Å². The van der Waals surface area contributed by atoms with Crippen molar-refractivity contribution in [1.82, 2.24) is 19.5 Å². The van der Waals surface area contributed by atoms with Gasteiger partial charge in [-0.15, -0.1) is 0 Å². The molecule has 2 aromatic carbocycles. The van der Waals surface area contributed by atoms with Gasteiger partial charge in [0.1, 0.15) is 5.82 Å². The molecule has 0 fully saturated rings. The largest absolute Gasteiger partial charge is 0.294 e. The first-order valence-corrected chi connectivity index (χ1v) is 10.6. The topological polar surface area (TPSA) is 67.4 Å². The number of rotatable bonds is 3. The van der Waals surface area contributed by atoms with Gasteiger partial charge in [-0.25, -0.2) is 9.97 Å². The molecule has 0 bridgehead atoms. The molecule has 0 spiro atoms. The van der Waals surface area contributed by atoms with Crippen LogP contribution in [0.2, 0.25) is 0 Å². The Labute approximate surface area is 190 Å². The van der Waals surface area contributed by atoms with Gasteiger partial charge < -0.3 is 0 Å². The minimum Gasteiger partial charge on any atom is -0.294 e. The van der Waals surface area contributed by atoms with Crippen molar-refractivity contribution in [3.63, 3.8) is 0 Å². The first kappa shape index (κ1) is 18.9. The van der Waals surface area contributed by atoms with E-state index in [1.54, 1.807) is 12.1 Å². The third kappa shape index (κ3) is 3.22. The monoisotopic (exact) mass is 423 g/mol. The third-order valence-electron chi connectivity index (χ3n) is 5.76. The van der Waals surface area contributed by atoms with E-state index in [-0.39, 0.29) is 0 Å². The molecule has 154 valence electrons. The predicted octanol–water partition coefficient (Wildman–Crippen LogP) is 6.17. The highest BCUT2D eigenvalue weighted by molar-refractivity contribution is 6.08. The van der Waals surface area contributed by atoms with E-state index in [9.17, 15) is 0 Å². The summed E-state index contributed by atoms with van der Waals surface area (Å²) >= 11 is 0. The van der Waals surface area contributed by atoms with Crippen LogP contribution in [0, 0.1) is 11.3 Å². The summed E-state index contributed by atoms with van der Waals surface area (Å²) in [4.78, 5) is 14.2. The van der Waals surface area contributed by atoms with E-state index in [2.05, 4.69) is 27.8 Å². The summed E-state index contributed by atoms with van der Waals surface area (Å²) in [6, 6.07) is 31.8. The molecule has 0 saturated heterocycles. The maximum Gasteiger partial charge on any atom is 0.138 e. The molecular formula is C28H17N5. The summed E-state index contributed by atoms with van der Waals surface area (Å²) in [5.41, 5.74) is 6.17. The fourth-order valence-electron chi connectivity index (χ4n) is 4.21. The molecule has 4 heterocycles. The lowest BCUT2D eigenvalue weighted by Gasteiger charge is -2.09. The number of pyridine rings is 3. The quantitative estimate of drug-likeness (QED) is 0.341. The van der Waals surface area contributed by atoms with Crippen LogP contribution in [0.1, 0.15) is 5.56 Å². The summed E-state index contributed by atoms with van der Waals surface area (Å²) in [7, 11) is 0. The maximum atomic E-state index is 9.05. The number of nitriles is 1. The van der Waals surface area contributed by atoms with Crippen molar-refractivity contribution in [1.29, 1.82) is 5.26 Å². The van der Waals surface area contributed by atoms with Crippen LogP contribution in [0.4, 0.5) is 0 Å². The van der Waals surface area contributed by atoms with Crippen LogP contribution >= 0.6 is 0 Å². The lowest BCUT2D eigenvalue weighted by atomic mass is 10.1. The Kier molecular flexibility index (Phi) is 4.41. The summed E-state index contributed by atoms with van der Waals surface area (Å²) in [6.07, 6.45) is 3.71. The first-order chi connectivity index (χ1) is 16.3. The SMILES string of the molecule is N#Cc1ccc(-c2cccc(-c3cccc(-n4c5ccccc5c5cnccc54)n3)n2)cc1. The fraction of sp³-hybridized carbons (Fsp3) is 0. The number of nitrogens with zero attached hydrogens (tertiary/aromatic N) is 5. The zero-order chi connectivity index (χ0) is 22.2. The predicted molar refractivity (Wildman–Crippen MR) is 130 cm³/mol. The van der Waals surface area contributed by atoms with Crippen molar-refractivity contribution in [2.45, 2.75) is 0 Å². The highest BCUT2D eigenvalue weighted by Crippen LogP contribution is 2.31. The molecule has 0 atom stereocenters. The van der Waals surface area contributed by atoms with Crippen LogP contribution in [0.5, 0.6) is 0 Å². The number of hydrogen-bond donors (Lipinski definition) is 0. The Morgan fingerprint density at radius 1 is 0.636 bits per heavy atom. The average Bonchev–Trinajstić information content (AvgIpc) is 3.23. The molecule has 5 nitrogen and oxygen atoms in total. The van der Waals surface area contributed by atoms with Crippen LogP contribution < -0.4 is 0 Å². The Morgan fingerprint density at radius 2 is 1.36 bits per heavy atom. The lowest BCUT2D eigenvalue weighted by molar-refractivity contribution is 1.08. The Morgan fingerprint density at radius 3 is 2.21 bits per heavy atom. The van der Waals surface area contributed by atoms with Crippen LogP contribution in [0.3, 0.4) is 0 Å². The number of fused-ring (bicyclic) bond motifs is 3. The number of hydrogen-bond acceptors (Lipinski definition) is 4. The van der Waals surface area contributed by atoms with Gasteiger partial charge in [-0.05, 0) is 48.5 Å². The molecule has 0 radical (unpaired) electrons. The molecular weight excluding hydrogens is 406 g/mol. The van der Waals surface area contributed by atoms with E-state index in [0.29, 0.717) is 5.56 Å². The highest BCUT2D eigenvalue weighted by atomic mass is 15.1. The first-order valence-electron chi connectivity index (χ1n) is 10.6. The summed E-state index contributed by atoms with van der Waals surface area (Å²) < 4.78 is 2.17. The normalized spacial score (nSPS) is 11.0. The molecule has 0 aliphatic rings. The molecule has 0 N–H and O–H groups in total. The van der Waals surface area contributed by atoms with Crippen LogP contribution in [-0.4, -0.2) is 19.5 Å². The maximum absolute atomic E-state index is 9.05. The van der Waals surface area contributed by atoms with E-state index < -0.39 is 0 Å². The van der Waals surface area contributed by atoms with Gasteiger partial charge >= 0.3 is 0 Å². The average molecular weight is 423 g/mol. The molecule has 0 amide bonds. The van der Waals surface area contributed by atoms with Gasteiger partial charge in [-0.2, -0.15) is 5.26 Å². The minimum absolute atomic E-state index is 0.630. The molecule has 0 aliphatic heterocycles. The second-order valence-electron chi connectivity index (χ2n) is 7.72. The summed E-state index contributed by atoms with van der Waals surface area (Å²) in [5.74, 6) is 0.829. The molecule has 0 aliphatic carbocycles. The Balaban J connectivity index is 1.48. The van der Waals surface area contributed by atoms with Crippen LogP contribution in [-0.2, 0) is 0 Å². The zero-order valence-electron chi connectivity index (χ0n) is 17.6. The van der Waals surface area contributed by atoms with Crippen molar-refractivity contribution >= 4 is 21.8 Å². The van der Waals surface area contributed by atoms with Gasteiger partial charge in [0, 0.05) is 28.7 Å². The molecule has 0 saturated carbocycles.